The number of aliphatic hydroxyl groups is 2. The van der Waals surface area contributed by atoms with Crippen molar-refractivity contribution in [3.05, 3.63) is 53.9 Å². The summed E-state index contributed by atoms with van der Waals surface area (Å²) in [5.41, 5.74) is 7.71. The molecule has 1 saturated carbocycles. The van der Waals surface area contributed by atoms with Crippen molar-refractivity contribution >= 4 is 11.0 Å². The van der Waals surface area contributed by atoms with Crippen LogP contribution in [0.2, 0.25) is 0 Å². The zero-order valence-corrected chi connectivity index (χ0v) is 14.8. The predicted molar refractivity (Wildman–Crippen MR) is 96.6 cm³/mol. The standard InChI is InChI=1S/C19H21FN4O3/c1-10-13-4-5-24(19(13)23-9-22-10)14-7-16(18(26)17(14)25)27-15-3-2-12(20)6-11(15)8-21/h2-6,9,14,16-18,25-26H,7-8,21H2,1H3/t14?,16?,17-,18+/m0/s1. The van der Waals surface area contributed by atoms with E-state index in [0.717, 1.165) is 11.1 Å². The minimum absolute atomic E-state index is 0.111. The molecule has 1 aliphatic carbocycles. The predicted octanol–water partition coefficient (Wildman–Crippen LogP) is 1.45. The first kappa shape index (κ1) is 17.8. The van der Waals surface area contributed by atoms with Gasteiger partial charge in [-0.3, -0.25) is 0 Å². The summed E-state index contributed by atoms with van der Waals surface area (Å²) in [6.07, 6.45) is 0.913. The van der Waals surface area contributed by atoms with E-state index in [0.29, 0.717) is 23.4 Å². The van der Waals surface area contributed by atoms with Crippen LogP contribution in [0, 0.1) is 12.7 Å². The van der Waals surface area contributed by atoms with Gasteiger partial charge in [0.15, 0.2) is 0 Å². The number of benzene rings is 1. The Balaban J connectivity index is 1.62. The molecule has 4 N–H and O–H groups in total. The molecule has 4 rings (SSSR count). The monoisotopic (exact) mass is 372 g/mol. The van der Waals surface area contributed by atoms with Crippen LogP contribution in [0.3, 0.4) is 0 Å². The van der Waals surface area contributed by atoms with Crippen molar-refractivity contribution in [2.75, 3.05) is 0 Å². The lowest BCUT2D eigenvalue weighted by Gasteiger charge is -2.20. The Morgan fingerprint density at radius 2 is 2.07 bits per heavy atom. The number of halogens is 1. The molecule has 2 aromatic heterocycles. The van der Waals surface area contributed by atoms with Crippen LogP contribution < -0.4 is 10.5 Å². The van der Waals surface area contributed by atoms with E-state index in [9.17, 15) is 14.6 Å². The van der Waals surface area contributed by atoms with Gasteiger partial charge in [0, 0.05) is 30.1 Å². The molecular formula is C19H21FN4O3. The molecule has 0 aliphatic heterocycles. The summed E-state index contributed by atoms with van der Waals surface area (Å²) in [6, 6.07) is 5.57. The van der Waals surface area contributed by atoms with Crippen LogP contribution in [0.4, 0.5) is 4.39 Å². The molecule has 0 amide bonds. The fourth-order valence-electron chi connectivity index (χ4n) is 3.71. The number of ether oxygens (including phenoxy) is 1. The van der Waals surface area contributed by atoms with Gasteiger partial charge in [0.25, 0.3) is 0 Å². The van der Waals surface area contributed by atoms with Gasteiger partial charge in [-0.25, -0.2) is 14.4 Å². The van der Waals surface area contributed by atoms with Gasteiger partial charge in [0.2, 0.25) is 0 Å². The van der Waals surface area contributed by atoms with E-state index >= 15 is 0 Å². The van der Waals surface area contributed by atoms with Gasteiger partial charge < -0.3 is 25.3 Å². The number of aryl methyl sites for hydroxylation is 1. The van der Waals surface area contributed by atoms with Crippen molar-refractivity contribution in [2.45, 2.75) is 44.2 Å². The molecule has 7 nitrogen and oxygen atoms in total. The molecule has 0 bridgehead atoms. The van der Waals surface area contributed by atoms with Crippen LogP contribution in [0.1, 0.15) is 23.7 Å². The van der Waals surface area contributed by atoms with E-state index in [1.165, 1.54) is 24.5 Å². The van der Waals surface area contributed by atoms with E-state index in [1.807, 2.05) is 23.8 Å². The zero-order chi connectivity index (χ0) is 19.1. The quantitative estimate of drug-likeness (QED) is 0.640. The topological polar surface area (TPSA) is 106 Å². The van der Waals surface area contributed by atoms with Crippen LogP contribution in [0.25, 0.3) is 11.0 Å². The molecule has 8 heteroatoms. The summed E-state index contributed by atoms with van der Waals surface area (Å²) < 4.78 is 21.1. The number of aromatic nitrogens is 3. The van der Waals surface area contributed by atoms with Gasteiger partial charge in [-0.2, -0.15) is 0 Å². The van der Waals surface area contributed by atoms with Crippen LogP contribution in [-0.4, -0.2) is 43.1 Å². The molecule has 2 heterocycles. The molecule has 2 unspecified atom stereocenters. The SMILES string of the molecule is Cc1ncnc2c1ccn2C1CC(Oc2ccc(F)cc2CN)[C@@H](O)[C@H]1O. The molecule has 27 heavy (non-hydrogen) atoms. The molecule has 1 aromatic carbocycles. The summed E-state index contributed by atoms with van der Waals surface area (Å²) in [7, 11) is 0. The van der Waals surface area contributed by atoms with Crippen molar-refractivity contribution in [1.82, 2.24) is 14.5 Å². The van der Waals surface area contributed by atoms with Crippen LogP contribution in [0.5, 0.6) is 5.75 Å². The highest BCUT2D eigenvalue weighted by Crippen LogP contribution is 2.36. The maximum absolute atomic E-state index is 13.4. The maximum atomic E-state index is 13.4. The van der Waals surface area contributed by atoms with Gasteiger partial charge >= 0.3 is 0 Å². The highest BCUT2D eigenvalue weighted by molar-refractivity contribution is 5.78. The second kappa shape index (κ2) is 6.88. The molecule has 0 radical (unpaired) electrons. The second-order valence-electron chi connectivity index (χ2n) is 6.82. The Morgan fingerprint density at radius 1 is 1.26 bits per heavy atom. The first-order chi connectivity index (χ1) is 13.0. The Labute approximate surface area is 155 Å². The fraction of sp³-hybridized carbons (Fsp3) is 0.368. The zero-order valence-electron chi connectivity index (χ0n) is 14.8. The molecular weight excluding hydrogens is 351 g/mol. The third kappa shape index (κ3) is 3.05. The average molecular weight is 372 g/mol. The van der Waals surface area contributed by atoms with E-state index in [2.05, 4.69) is 9.97 Å². The number of nitrogens with two attached hydrogens (primary N) is 1. The third-order valence-electron chi connectivity index (χ3n) is 5.19. The smallest absolute Gasteiger partial charge is 0.143 e. The summed E-state index contributed by atoms with van der Waals surface area (Å²) in [6.45, 7) is 2.00. The second-order valence-corrected chi connectivity index (χ2v) is 6.82. The molecule has 4 atom stereocenters. The summed E-state index contributed by atoms with van der Waals surface area (Å²) >= 11 is 0. The van der Waals surface area contributed by atoms with E-state index < -0.39 is 30.2 Å². The van der Waals surface area contributed by atoms with Gasteiger partial charge in [0.1, 0.15) is 41.9 Å². The number of rotatable bonds is 4. The van der Waals surface area contributed by atoms with Crippen LogP contribution in [-0.2, 0) is 6.54 Å². The maximum Gasteiger partial charge on any atom is 0.143 e. The van der Waals surface area contributed by atoms with Gasteiger partial charge in [-0.05, 0) is 31.2 Å². The molecule has 0 spiro atoms. The number of aliphatic hydroxyl groups excluding tert-OH is 2. The lowest BCUT2D eigenvalue weighted by atomic mass is 10.2. The Hall–Kier alpha value is -2.55. The number of hydrogen-bond acceptors (Lipinski definition) is 6. The minimum Gasteiger partial charge on any atom is -0.487 e. The minimum atomic E-state index is -1.09. The third-order valence-corrected chi connectivity index (χ3v) is 5.19. The first-order valence-electron chi connectivity index (χ1n) is 8.79. The van der Waals surface area contributed by atoms with E-state index in [1.54, 1.807) is 0 Å². The molecule has 0 saturated heterocycles. The summed E-state index contributed by atoms with van der Waals surface area (Å²) in [5.74, 6) is 0.00730. The van der Waals surface area contributed by atoms with Crippen molar-refractivity contribution in [3.8, 4) is 5.75 Å². The van der Waals surface area contributed by atoms with E-state index in [4.69, 9.17) is 10.5 Å². The Bertz CT molecular complexity index is 977. The molecule has 142 valence electrons. The summed E-state index contributed by atoms with van der Waals surface area (Å²) in [5, 5.41) is 22.0. The van der Waals surface area contributed by atoms with Crippen molar-refractivity contribution in [1.29, 1.82) is 0 Å². The van der Waals surface area contributed by atoms with Gasteiger partial charge in [0.05, 0.1) is 11.7 Å². The highest BCUT2D eigenvalue weighted by Gasteiger charge is 2.44. The Morgan fingerprint density at radius 3 is 2.85 bits per heavy atom. The van der Waals surface area contributed by atoms with E-state index in [-0.39, 0.29) is 6.54 Å². The van der Waals surface area contributed by atoms with Gasteiger partial charge in [-0.1, -0.05) is 0 Å². The Kier molecular flexibility index (Phi) is 4.55. The largest absolute Gasteiger partial charge is 0.487 e. The van der Waals surface area contributed by atoms with Crippen molar-refractivity contribution in [3.63, 3.8) is 0 Å². The highest BCUT2D eigenvalue weighted by atomic mass is 19.1. The normalized spacial score (nSPS) is 25.2. The van der Waals surface area contributed by atoms with Crippen LogP contribution >= 0.6 is 0 Å². The number of hydrogen-bond donors (Lipinski definition) is 3. The number of fused-ring (bicyclic) bond motifs is 1. The van der Waals surface area contributed by atoms with Crippen molar-refractivity contribution < 1.29 is 19.3 Å². The average Bonchev–Trinajstić information content (AvgIpc) is 3.20. The lowest BCUT2D eigenvalue weighted by Crippen LogP contribution is -2.34. The molecule has 3 aromatic rings. The summed E-state index contributed by atoms with van der Waals surface area (Å²) in [4.78, 5) is 8.49. The number of nitrogens with zero attached hydrogens (tertiary/aromatic N) is 3. The first-order valence-corrected chi connectivity index (χ1v) is 8.79. The van der Waals surface area contributed by atoms with Gasteiger partial charge in [-0.15, -0.1) is 0 Å². The fourth-order valence-corrected chi connectivity index (χ4v) is 3.71. The lowest BCUT2D eigenvalue weighted by molar-refractivity contribution is -0.0166. The van der Waals surface area contributed by atoms with Crippen LogP contribution in [0.15, 0.2) is 36.8 Å². The molecule has 1 fully saturated rings. The molecule has 1 aliphatic rings. The van der Waals surface area contributed by atoms with Crippen molar-refractivity contribution in [2.24, 2.45) is 5.73 Å².